The summed E-state index contributed by atoms with van der Waals surface area (Å²) in [6.07, 6.45) is 0.503. The zero-order chi connectivity index (χ0) is 12.1. The molecule has 1 aromatic rings. The largest absolute Gasteiger partial charge is 0.466 e. The first-order valence-corrected chi connectivity index (χ1v) is 5.12. The second-order valence-corrected chi connectivity index (χ2v) is 3.68. The Morgan fingerprint density at radius 1 is 1.50 bits per heavy atom. The Morgan fingerprint density at radius 2 is 2.19 bits per heavy atom. The fourth-order valence-corrected chi connectivity index (χ4v) is 1.52. The van der Waals surface area contributed by atoms with Crippen LogP contribution in [0.25, 0.3) is 0 Å². The van der Waals surface area contributed by atoms with Gasteiger partial charge in [-0.1, -0.05) is 18.7 Å². The molecule has 0 amide bonds. The number of ether oxygens (including phenoxy) is 1. The summed E-state index contributed by atoms with van der Waals surface area (Å²) in [5, 5.41) is 3.11. The first kappa shape index (κ1) is 12.3. The Bertz CT molecular complexity index is 410. The van der Waals surface area contributed by atoms with E-state index in [4.69, 9.17) is 0 Å². The molecule has 0 bridgehead atoms. The van der Waals surface area contributed by atoms with E-state index in [0.29, 0.717) is 12.0 Å². The van der Waals surface area contributed by atoms with Crippen molar-refractivity contribution in [2.45, 2.75) is 13.3 Å². The quantitative estimate of drug-likeness (QED) is 0.624. The van der Waals surface area contributed by atoms with E-state index < -0.39 is 0 Å². The summed E-state index contributed by atoms with van der Waals surface area (Å²) < 4.78 is 4.62. The number of nitrogens with one attached hydrogen (secondary N) is 1. The molecule has 1 N–H and O–H groups in total. The molecule has 1 aromatic carbocycles. The number of hydrogen-bond acceptors (Lipinski definition) is 3. The lowest BCUT2D eigenvalue weighted by Gasteiger charge is -2.10. The van der Waals surface area contributed by atoms with E-state index in [2.05, 4.69) is 16.6 Å². The lowest BCUT2D eigenvalue weighted by Crippen LogP contribution is -2.07. The van der Waals surface area contributed by atoms with Crippen molar-refractivity contribution >= 4 is 11.7 Å². The van der Waals surface area contributed by atoms with E-state index in [0.717, 1.165) is 11.3 Å². The van der Waals surface area contributed by atoms with Crippen LogP contribution in [0.4, 0.5) is 5.69 Å². The van der Waals surface area contributed by atoms with Crippen LogP contribution in [0, 0.1) is 6.92 Å². The second kappa shape index (κ2) is 5.35. The van der Waals surface area contributed by atoms with Gasteiger partial charge >= 0.3 is 5.97 Å². The third-order valence-corrected chi connectivity index (χ3v) is 2.41. The van der Waals surface area contributed by atoms with Gasteiger partial charge in [0.25, 0.3) is 0 Å². The first-order valence-electron chi connectivity index (χ1n) is 5.12. The highest BCUT2D eigenvalue weighted by Gasteiger charge is 2.10. The molecule has 1 rings (SSSR count). The van der Waals surface area contributed by atoms with Gasteiger partial charge in [0, 0.05) is 24.7 Å². The third-order valence-electron chi connectivity index (χ3n) is 2.41. The van der Waals surface area contributed by atoms with Crippen LogP contribution in [0.15, 0.2) is 30.4 Å². The zero-order valence-corrected chi connectivity index (χ0v) is 9.96. The lowest BCUT2D eigenvalue weighted by atomic mass is 10.0. The molecule has 0 heterocycles. The summed E-state index contributed by atoms with van der Waals surface area (Å²) in [6.45, 7) is 5.74. The van der Waals surface area contributed by atoms with E-state index in [9.17, 15) is 4.79 Å². The summed E-state index contributed by atoms with van der Waals surface area (Å²) in [5.74, 6) is -0.359. The summed E-state index contributed by atoms with van der Waals surface area (Å²) in [4.78, 5) is 11.2. The average molecular weight is 219 g/mol. The predicted octanol–water partition coefficient (Wildman–Crippen LogP) is 2.31. The van der Waals surface area contributed by atoms with E-state index in [1.807, 2.05) is 32.2 Å². The van der Waals surface area contributed by atoms with Crippen molar-refractivity contribution in [3.05, 3.63) is 41.5 Å². The van der Waals surface area contributed by atoms with E-state index in [-0.39, 0.29) is 5.97 Å². The predicted molar refractivity (Wildman–Crippen MR) is 65.6 cm³/mol. The van der Waals surface area contributed by atoms with Gasteiger partial charge in [0.1, 0.15) is 0 Å². The maximum Gasteiger partial charge on any atom is 0.333 e. The topological polar surface area (TPSA) is 38.3 Å². The molecule has 0 atom stereocenters. The smallest absolute Gasteiger partial charge is 0.333 e. The summed E-state index contributed by atoms with van der Waals surface area (Å²) >= 11 is 0. The third kappa shape index (κ3) is 2.86. The molecule has 0 fully saturated rings. The Hall–Kier alpha value is -1.77. The van der Waals surface area contributed by atoms with Crippen molar-refractivity contribution in [1.82, 2.24) is 0 Å². The number of esters is 1. The highest BCUT2D eigenvalue weighted by atomic mass is 16.5. The highest BCUT2D eigenvalue weighted by molar-refractivity contribution is 5.88. The van der Waals surface area contributed by atoms with Crippen LogP contribution in [0.2, 0.25) is 0 Å². The monoisotopic (exact) mass is 219 g/mol. The molecule has 0 aliphatic carbocycles. The maximum atomic E-state index is 11.2. The van der Waals surface area contributed by atoms with Crippen LogP contribution in [0.1, 0.15) is 11.1 Å². The van der Waals surface area contributed by atoms with Gasteiger partial charge in [-0.3, -0.25) is 0 Å². The van der Waals surface area contributed by atoms with Crippen LogP contribution >= 0.6 is 0 Å². The number of benzene rings is 1. The van der Waals surface area contributed by atoms with Crippen LogP contribution in [-0.4, -0.2) is 20.1 Å². The molecular formula is C13H17NO2. The number of rotatable bonds is 4. The molecule has 0 aromatic heterocycles. The second-order valence-electron chi connectivity index (χ2n) is 3.68. The number of methoxy groups -OCH3 is 1. The minimum Gasteiger partial charge on any atom is -0.466 e. The standard InChI is InChI=1S/C13H17NO2/c1-9-5-6-11(12(7-9)14-3)8-10(2)13(15)16-4/h5-7,14H,2,8H2,1,3-4H3. The molecule has 0 saturated heterocycles. The van der Waals surface area contributed by atoms with Crippen molar-refractivity contribution in [2.75, 3.05) is 19.5 Å². The van der Waals surface area contributed by atoms with Crippen molar-refractivity contribution in [3.63, 3.8) is 0 Å². The molecule has 0 aliphatic heterocycles. The highest BCUT2D eigenvalue weighted by Crippen LogP contribution is 2.20. The van der Waals surface area contributed by atoms with Gasteiger partial charge in [0.05, 0.1) is 7.11 Å². The van der Waals surface area contributed by atoms with Crippen molar-refractivity contribution in [1.29, 1.82) is 0 Å². The number of aryl methyl sites for hydroxylation is 1. The molecule has 0 spiro atoms. The lowest BCUT2D eigenvalue weighted by molar-refractivity contribution is -0.136. The summed E-state index contributed by atoms with van der Waals surface area (Å²) in [7, 11) is 3.22. The molecule has 0 radical (unpaired) electrons. The number of anilines is 1. The molecule has 3 heteroatoms. The fourth-order valence-electron chi connectivity index (χ4n) is 1.52. The van der Waals surface area contributed by atoms with E-state index in [1.54, 1.807) is 0 Å². The van der Waals surface area contributed by atoms with Crippen LogP contribution in [0.5, 0.6) is 0 Å². The fraction of sp³-hybridized carbons (Fsp3) is 0.308. The minimum absolute atomic E-state index is 0.359. The number of carbonyl (C=O) groups is 1. The van der Waals surface area contributed by atoms with Gasteiger partial charge in [-0.15, -0.1) is 0 Å². The summed E-state index contributed by atoms with van der Waals surface area (Å²) in [6, 6.07) is 6.05. The van der Waals surface area contributed by atoms with Crippen molar-refractivity contribution in [2.24, 2.45) is 0 Å². The van der Waals surface area contributed by atoms with Gasteiger partial charge in [0.15, 0.2) is 0 Å². The molecule has 86 valence electrons. The molecule has 0 unspecified atom stereocenters. The van der Waals surface area contributed by atoms with Gasteiger partial charge in [-0.2, -0.15) is 0 Å². The molecule has 3 nitrogen and oxygen atoms in total. The van der Waals surface area contributed by atoms with Crippen LogP contribution in [-0.2, 0) is 16.0 Å². The number of hydrogen-bond donors (Lipinski definition) is 1. The SMILES string of the molecule is C=C(Cc1ccc(C)cc1NC)C(=O)OC. The van der Waals surface area contributed by atoms with Gasteiger partial charge in [0.2, 0.25) is 0 Å². The Kier molecular flexibility index (Phi) is 4.11. The Labute approximate surface area is 96.1 Å². The van der Waals surface area contributed by atoms with Crippen LogP contribution in [0.3, 0.4) is 0 Å². The average Bonchev–Trinajstić information content (AvgIpc) is 2.30. The molecule has 16 heavy (non-hydrogen) atoms. The Balaban J connectivity index is 2.89. The zero-order valence-electron chi connectivity index (χ0n) is 9.96. The van der Waals surface area contributed by atoms with Crippen molar-refractivity contribution in [3.8, 4) is 0 Å². The van der Waals surface area contributed by atoms with Gasteiger partial charge in [-0.05, 0) is 24.1 Å². The van der Waals surface area contributed by atoms with Gasteiger partial charge in [-0.25, -0.2) is 4.79 Å². The first-order chi connectivity index (χ1) is 7.58. The van der Waals surface area contributed by atoms with E-state index >= 15 is 0 Å². The summed E-state index contributed by atoms with van der Waals surface area (Å²) in [5.41, 5.74) is 3.70. The maximum absolute atomic E-state index is 11.2. The number of carbonyl (C=O) groups excluding carboxylic acids is 1. The van der Waals surface area contributed by atoms with Gasteiger partial charge < -0.3 is 10.1 Å². The van der Waals surface area contributed by atoms with Crippen molar-refractivity contribution < 1.29 is 9.53 Å². The molecule has 0 aliphatic rings. The van der Waals surface area contributed by atoms with Crippen LogP contribution < -0.4 is 5.32 Å². The minimum atomic E-state index is -0.359. The normalized spacial score (nSPS) is 9.69. The Morgan fingerprint density at radius 3 is 2.75 bits per heavy atom. The molecular weight excluding hydrogens is 202 g/mol. The molecule has 0 saturated carbocycles. The van der Waals surface area contributed by atoms with E-state index in [1.165, 1.54) is 12.7 Å².